The minimum Gasteiger partial charge on any atom is -0.339 e. The van der Waals surface area contributed by atoms with Gasteiger partial charge in [0.25, 0.3) is 0 Å². The zero-order valence-corrected chi connectivity index (χ0v) is 13.3. The first kappa shape index (κ1) is 17.1. The monoisotopic (exact) mass is 362 g/mol. The predicted octanol–water partition coefficient (Wildman–Crippen LogP) is 2.97. The van der Waals surface area contributed by atoms with E-state index in [9.17, 15) is 9.18 Å². The predicted molar refractivity (Wildman–Crippen MR) is 84.2 cm³/mol. The fourth-order valence-electron chi connectivity index (χ4n) is 2.03. The van der Waals surface area contributed by atoms with Crippen LogP contribution in [0.2, 0.25) is 0 Å². The summed E-state index contributed by atoms with van der Waals surface area (Å²) in [6.45, 7) is 1.34. The number of hydrogen-bond donors (Lipinski definition) is 1. The first-order chi connectivity index (χ1) is 9.06. The largest absolute Gasteiger partial charge is 0.339 e. The van der Waals surface area contributed by atoms with Crippen LogP contribution >= 0.6 is 28.3 Å². The fourth-order valence-corrected chi connectivity index (χ4v) is 2.41. The van der Waals surface area contributed by atoms with E-state index in [4.69, 9.17) is 5.73 Å². The third kappa shape index (κ3) is 4.58. The highest BCUT2D eigenvalue weighted by molar-refractivity contribution is 9.10. The molecule has 1 heterocycles. The maximum Gasteiger partial charge on any atom is 0.246 e. The zero-order valence-electron chi connectivity index (χ0n) is 10.9. The molecule has 1 fully saturated rings. The molecular formula is C14H17BrClFN2O. The highest BCUT2D eigenvalue weighted by atomic mass is 79.9. The van der Waals surface area contributed by atoms with Crippen LogP contribution in [0.1, 0.15) is 18.4 Å². The van der Waals surface area contributed by atoms with Crippen molar-refractivity contribution < 1.29 is 9.18 Å². The van der Waals surface area contributed by atoms with Crippen LogP contribution in [0.3, 0.4) is 0 Å². The smallest absolute Gasteiger partial charge is 0.246 e. The number of nitrogens with two attached hydrogens (primary N) is 1. The average molecular weight is 364 g/mol. The maximum absolute atomic E-state index is 13.5. The summed E-state index contributed by atoms with van der Waals surface area (Å²) >= 11 is 3.28. The van der Waals surface area contributed by atoms with Crippen molar-refractivity contribution in [2.75, 3.05) is 13.1 Å². The second-order valence-electron chi connectivity index (χ2n) is 4.66. The van der Waals surface area contributed by atoms with E-state index >= 15 is 0 Å². The van der Waals surface area contributed by atoms with Gasteiger partial charge in [-0.15, -0.1) is 12.4 Å². The van der Waals surface area contributed by atoms with Crippen molar-refractivity contribution in [2.45, 2.75) is 18.9 Å². The highest BCUT2D eigenvalue weighted by Crippen LogP contribution is 2.17. The van der Waals surface area contributed by atoms with Crippen molar-refractivity contribution in [3.8, 4) is 0 Å². The Labute approximate surface area is 132 Å². The molecule has 0 aromatic heterocycles. The standard InChI is InChI=1S/C14H16BrFN2O.ClH/c15-11-2-3-13(16)10(9-11)1-4-14(19)18-7-5-12(17)6-8-18;/h1-4,9,12H,5-8,17H2;1H. The number of carbonyl (C=O) groups excluding carboxylic acids is 1. The van der Waals surface area contributed by atoms with Gasteiger partial charge in [0, 0.05) is 35.2 Å². The lowest BCUT2D eigenvalue weighted by atomic mass is 10.1. The molecule has 0 unspecified atom stereocenters. The van der Waals surface area contributed by atoms with Crippen LogP contribution < -0.4 is 5.73 Å². The number of halogens is 3. The molecule has 0 aliphatic carbocycles. The van der Waals surface area contributed by atoms with Gasteiger partial charge in [-0.2, -0.15) is 0 Å². The van der Waals surface area contributed by atoms with Crippen LogP contribution in [0.25, 0.3) is 6.08 Å². The van der Waals surface area contributed by atoms with Gasteiger partial charge in [0.05, 0.1) is 0 Å². The van der Waals surface area contributed by atoms with Gasteiger partial charge >= 0.3 is 0 Å². The molecule has 2 N–H and O–H groups in total. The third-order valence-electron chi connectivity index (χ3n) is 3.21. The minimum absolute atomic E-state index is 0. The van der Waals surface area contributed by atoms with Crippen molar-refractivity contribution in [3.63, 3.8) is 0 Å². The Bertz CT molecular complexity index is 502. The summed E-state index contributed by atoms with van der Waals surface area (Å²) in [6, 6.07) is 4.83. The number of nitrogens with zero attached hydrogens (tertiary/aromatic N) is 1. The van der Waals surface area contributed by atoms with Crippen molar-refractivity contribution in [1.29, 1.82) is 0 Å². The Hall–Kier alpha value is -0.910. The molecule has 3 nitrogen and oxygen atoms in total. The normalized spacial score (nSPS) is 16.2. The van der Waals surface area contributed by atoms with Crippen LogP contribution in [0.5, 0.6) is 0 Å². The Kier molecular flexibility index (Phi) is 6.65. The van der Waals surface area contributed by atoms with E-state index < -0.39 is 0 Å². The lowest BCUT2D eigenvalue weighted by Gasteiger charge is -2.29. The van der Waals surface area contributed by atoms with E-state index in [0.29, 0.717) is 18.7 Å². The number of piperidine rings is 1. The van der Waals surface area contributed by atoms with E-state index in [1.807, 2.05) is 0 Å². The first-order valence-corrected chi connectivity index (χ1v) is 7.03. The van der Waals surface area contributed by atoms with Crippen molar-refractivity contribution in [1.82, 2.24) is 4.90 Å². The zero-order chi connectivity index (χ0) is 13.8. The topological polar surface area (TPSA) is 46.3 Å². The summed E-state index contributed by atoms with van der Waals surface area (Å²) in [7, 11) is 0. The third-order valence-corrected chi connectivity index (χ3v) is 3.71. The molecule has 1 aromatic rings. The Morgan fingerprint density at radius 1 is 1.40 bits per heavy atom. The second kappa shape index (κ2) is 7.76. The molecule has 6 heteroatoms. The maximum atomic E-state index is 13.5. The van der Waals surface area contributed by atoms with Crippen LogP contribution in [-0.4, -0.2) is 29.9 Å². The molecule has 2 rings (SSSR count). The molecule has 1 saturated heterocycles. The fraction of sp³-hybridized carbons (Fsp3) is 0.357. The van der Waals surface area contributed by atoms with Crippen LogP contribution in [0.4, 0.5) is 4.39 Å². The number of rotatable bonds is 2. The number of likely N-dealkylation sites (tertiary alicyclic amines) is 1. The molecule has 110 valence electrons. The molecule has 1 aliphatic rings. The van der Waals surface area contributed by atoms with Gasteiger partial charge in [-0.3, -0.25) is 4.79 Å². The molecule has 1 aliphatic heterocycles. The molecule has 0 radical (unpaired) electrons. The van der Waals surface area contributed by atoms with Gasteiger partial charge in [-0.05, 0) is 37.1 Å². The Morgan fingerprint density at radius 2 is 2.05 bits per heavy atom. The minimum atomic E-state index is -0.340. The van der Waals surface area contributed by atoms with Crippen LogP contribution in [0, 0.1) is 5.82 Å². The number of hydrogen-bond acceptors (Lipinski definition) is 2. The van der Waals surface area contributed by atoms with E-state index in [-0.39, 0.29) is 30.2 Å². The second-order valence-corrected chi connectivity index (χ2v) is 5.58. The quantitative estimate of drug-likeness (QED) is 0.821. The summed E-state index contributed by atoms with van der Waals surface area (Å²) in [6.07, 6.45) is 4.58. The molecule has 0 spiro atoms. The van der Waals surface area contributed by atoms with E-state index in [1.165, 1.54) is 18.2 Å². The summed E-state index contributed by atoms with van der Waals surface area (Å²) in [5, 5.41) is 0. The summed E-state index contributed by atoms with van der Waals surface area (Å²) in [4.78, 5) is 13.7. The molecule has 0 atom stereocenters. The lowest BCUT2D eigenvalue weighted by molar-refractivity contribution is -0.126. The molecule has 0 bridgehead atoms. The summed E-state index contributed by atoms with van der Waals surface area (Å²) in [5.41, 5.74) is 6.19. The van der Waals surface area contributed by atoms with Gasteiger partial charge in [0.2, 0.25) is 5.91 Å². The molecule has 0 saturated carbocycles. The van der Waals surface area contributed by atoms with Gasteiger partial charge in [-0.1, -0.05) is 15.9 Å². The lowest BCUT2D eigenvalue weighted by Crippen LogP contribution is -2.42. The first-order valence-electron chi connectivity index (χ1n) is 6.24. The number of benzene rings is 1. The van der Waals surface area contributed by atoms with Crippen molar-refractivity contribution in [2.24, 2.45) is 5.73 Å². The van der Waals surface area contributed by atoms with Gasteiger partial charge in [0.1, 0.15) is 5.82 Å². The van der Waals surface area contributed by atoms with E-state index in [1.54, 1.807) is 17.0 Å². The van der Waals surface area contributed by atoms with Gasteiger partial charge in [0.15, 0.2) is 0 Å². The van der Waals surface area contributed by atoms with Gasteiger partial charge in [-0.25, -0.2) is 4.39 Å². The number of amides is 1. The van der Waals surface area contributed by atoms with Crippen LogP contribution in [-0.2, 0) is 4.79 Å². The average Bonchev–Trinajstić information content (AvgIpc) is 2.40. The molecule has 1 amide bonds. The van der Waals surface area contributed by atoms with Crippen LogP contribution in [0.15, 0.2) is 28.7 Å². The molecule has 1 aromatic carbocycles. The van der Waals surface area contributed by atoms with E-state index in [2.05, 4.69) is 15.9 Å². The van der Waals surface area contributed by atoms with Crippen molar-refractivity contribution in [3.05, 3.63) is 40.1 Å². The summed E-state index contributed by atoms with van der Waals surface area (Å²) < 4.78 is 14.3. The number of carbonyl (C=O) groups is 1. The molecular weight excluding hydrogens is 347 g/mol. The Morgan fingerprint density at radius 3 is 2.70 bits per heavy atom. The van der Waals surface area contributed by atoms with E-state index in [0.717, 1.165) is 17.3 Å². The SMILES string of the molecule is Cl.NC1CCN(C(=O)C=Cc2cc(Br)ccc2F)CC1. The summed E-state index contributed by atoms with van der Waals surface area (Å²) in [5.74, 6) is -0.431. The van der Waals surface area contributed by atoms with Gasteiger partial charge < -0.3 is 10.6 Å². The Balaban J connectivity index is 0.00000200. The highest BCUT2D eigenvalue weighted by Gasteiger charge is 2.18. The molecule has 20 heavy (non-hydrogen) atoms. The van der Waals surface area contributed by atoms with Crippen molar-refractivity contribution >= 4 is 40.3 Å².